The van der Waals surface area contributed by atoms with Gasteiger partial charge in [-0.25, -0.2) is 0 Å². The molecular weight excluding hydrogens is 483 g/mol. The number of hydrogen-bond donors (Lipinski definition) is 2. The summed E-state index contributed by atoms with van der Waals surface area (Å²) in [6, 6.07) is 12.7. The molecule has 5 nitrogen and oxygen atoms in total. The standard InChI is InChI=1S/C21H28N4OS.HI/c1-16-9-10-19(27-16)14-24-21(22-2)23-12-5-8-20(26)25-13-11-17-6-3-4-7-18(17)15-25;/h3-4,6-7,9-10H,5,8,11-15H2,1-2H3,(H2,22,23,24);1H. The molecule has 1 aromatic heterocycles. The fourth-order valence-electron chi connectivity index (χ4n) is 3.28. The van der Waals surface area contributed by atoms with Crippen LogP contribution in [-0.2, 0) is 24.3 Å². The summed E-state index contributed by atoms with van der Waals surface area (Å²) in [7, 11) is 1.77. The molecule has 0 atom stereocenters. The van der Waals surface area contributed by atoms with E-state index in [1.54, 1.807) is 18.4 Å². The molecule has 0 bridgehead atoms. The molecule has 7 heteroatoms. The Bertz CT molecular complexity index is 805. The van der Waals surface area contributed by atoms with E-state index in [1.807, 2.05) is 11.0 Å². The lowest BCUT2D eigenvalue weighted by Gasteiger charge is -2.29. The minimum absolute atomic E-state index is 0. The van der Waals surface area contributed by atoms with Gasteiger partial charge in [0.05, 0.1) is 6.54 Å². The highest BCUT2D eigenvalue weighted by molar-refractivity contribution is 14.0. The van der Waals surface area contributed by atoms with Crippen LogP contribution in [0.25, 0.3) is 0 Å². The molecule has 152 valence electrons. The van der Waals surface area contributed by atoms with Crippen LogP contribution in [0.3, 0.4) is 0 Å². The zero-order valence-electron chi connectivity index (χ0n) is 16.5. The van der Waals surface area contributed by atoms with Crippen molar-refractivity contribution in [3.8, 4) is 0 Å². The molecule has 2 N–H and O–H groups in total. The average molecular weight is 512 g/mol. The molecule has 0 saturated heterocycles. The van der Waals surface area contributed by atoms with E-state index in [-0.39, 0.29) is 29.9 Å². The van der Waals surface area contributed by atoms with Crippen molar-refractivity contribution in [3.05, 3.63) is 57.3 Å². The molecule has 0 unspecified atom stereocenters. The number of nitrogens with one attached hydrogen (secondary N) is 2. The van der Waals surface area contributed by atoms with Crippen LogP contribution in [0.5, 0.6) is 0 Å². The van der Waals surface area contributed by atoms with Crippen LogP contribution in [0.2, 0.25) is 0 Å². The van der Waals surface area contributed by atoms with E-state index < -0.39 is 0 Å². The number of carbonyl (C=O) groups is 1. The summed E-state index contributed by atoms with van der Waals surface area (Å²) in [6.45, 7) is 5.18. The maximum absolute atomic E-state index is 12.5. The normalized spacial score (nSPS) is 13.5. The molecule has 1 aliphatic rings. The van der Waals surface area contributed by atoms with Crippen LogP contribution in [0.4, 0.5) is 0 Å². The van der Waals surface area contributed by atoms with Gasteiger partial charge in [-0.1, -0.05) is 24.3 Å². The number of hydrogen-bond acceptors (Lipinski definition) is 3. The van der Waals surface area contributed by atoms with Crippen molar-refractivity contribution in [3.63, 3.8) is 0 Å². The largest absolute Gasteiger partial charge is 0.356 e. The highest BCUT2D eigenvalue weighted by Gasteiger charge is 2.19. The average Bonchev–Trinajstić information content (AvgIpc) is 3.12. The Balaban J connectivity index is 0.00000280. The van der Waals surface area contributed by atoms with E-state index in [9.17, 15) is 4.79 Å². The zero-order chi connectivity index (χ0) is 19.1. The Hall–Kier alpha value is -1.61. The Labute approximate surface area is 188 Å². The topological polar surface area (TPSA) is 56.7 Å². The quantitative estimate of drug-likeness (QED) is 0.269. The van der Waals surface area contributed by atoms with Gasteiger partial charge in [-0.15, -0.1) is 35.3 Å². The Kier molecular flexibility index (Phi) is 9.24. The van der Waals surface area contributed by atoms with Gasteiger partial charge in [-0.2, -0.15) is 0 Å². The lowest BCUT2D eigenvalue weighted by Crippen LogP contribution is -2.38. The lowest BCUT2D eigenvalue weighted by molar-refractivity contribution is -0.132. The molecule has 0 radical (unpaired) electrons. The first-order valence-corrected chi connectivity index (χ1v) is 10.3. The molecule has 0 saturated carbocycles. The van der Waals surface area contributed by atoms with Crippen molar-refractivity contribution in [2.45, 2.75) is 39.3 Å². The summed E-state index contributed by atoms with van der Waals surface area (Å²) in [5.74, 6) is 1.02. The van der Waals surface area contributed by atoms with Gasteiger partial charge >= 0.3 is 0 Å². The first-order chi connectivity index (χ1) is 13.2. The number of fused-ring (bicyclic) bond motifs is 1. The lowest BCUT2D eigenvalue weighted by atomic mass is 9.99. The third-order valence-electron chi connectivity index (χ3n) is 4.79. The van der Waals surface area contributed by atoms with Crippen molar-refractivity contribution < 1.29 is 4.79 Å². The van der Waals surface area contributed by atoms with E-state index in [2.05, 4.69) is 52.9 Å². The van der Waals surface area contributed by atoms with Crippen molar-refractivity contribution in [1.82, 2.24) is 15.5 Å². The van der Waals surface area contributed by atoms with Gasteiger partial charge in [-0.05, 0) is 43.0 Å². The molecule has 28 heavy (non-hydrogen) atoms. The predicted octanol–water partition coefficient (Wildman–Crippen LogP) is 3.70. The number of nitrogens with zero attached hydrogens (tertiary/aromatic N) is 2. The Morgan fingerprint density at radius 1 is 1.18 bits per heavy atom. The first-order valence-electron chi connectivity index (χ1n) is 9.50. The minimum atomic E-state index is 0. The van der Waals surface area contributed by atoms with Crippen molar-refractivity contribution >= 4 is 47.2 Å². The van der Waals surface area contributed by atoms with E-state index in [0.29, 0.717) is 6.42 Å². The highest BCUT2D eigenvalue weighted by atomic mass is 127. The van der Waals surface area contributed by atoms with Crippen molar-refractivity contribution in [2.75, 3.05) is 20.1 Å². The molecule has 0 fully saturated rings. The van der Waals surface area contributed by atoms with Gasteiger partial charge in [0.1, 0.15) is 0 Å². The van der Waals surface area contributed by atoms with E-state index >= 15 is 0 Å². The van der Waals surface area contributed by atoms with E-state index in [4.69, 9.17) is 0 Å². The number of amides is 1. The van der Waals surface area contributed by atoms with Gasteiger partial charge in [-0.3, -0.25) is 9.79 Å². The molecular formula is C21H29IN4OS. The number of guanidine groups is 1. The van der Waals surface area contributed by atoms with Gasteiger partial charge < -0.3 is 15.5 Å². The molecule has 2 aromatic rings. The molecule has 1 aromatic carbocycles. The van der Waals surface area contributed by atoms with E-state index in [1.165, 1.54) is 20.9 Å². The smallest absolute Gasteiger partial charge is 0.222 e. The monoisotopic (exact) mass is 512 g/mol. The second kappa shape index (κ2) is 11.4. The van der Waals surface area contributed by atoms with Crippen molar-refractivity contribution in [1.29, 1.82) is 0 Å². The number of benzene rings is 1. The Morgan fingerprint density at radius 3 is 2.68 bits per heavy atom. The van der Waals surface area contributed by atoms with Crippen LogP contribution < -0.4 is 10.6 Å². The summed E-state index contributed by atoms with van der Waals surface area (Å²) < 4.78 is 0. The minimum Gasteiger partial charge on any atom is -0.356 e. The number of aliphatic imine (C=N–C) groups is 1. The fourth-order valence-corrected chi connectivity index (χ4v) is 4.11. The maximum Gasteiger partial charge on any atom is 0.222 e. The summed E-state index contributed by atoms with van der Waals surface area (Å²) in [5.41, 5.74) is 2.66. The number of carbonyl (C=O) groups excluding carboxylic acids is 1. The maximum atomic E-state index is 12.5. The second-order valence-corrected chi connectivity index (χ2v) is 8.17. The number of rotatable bonds is 6. The second-order valence-electron chi connectivity index (χ2n) is 6.80. The highest BCUT2D eigenvalue weighted by Crippen LogP contribution is 2.19. The molecule has 1 aliphatic heterocycles. The van der Waals surface area contributed by atoms with Crippen LogP contribution in [0.1, 0.15) is 33.7 Å². The van der Waals surface area contributed by atoms with Gasteiger partial charge in [0.15, 0.2) is 5.96 Å². The van der Waals surface area contributed by atoms with E-state index in [0.717, 1.165) is 45.0 Å². The number of thiophene rings is 1. The van der Waals surface area contributed by atoms with Gasteiger partial charge in [0.2, 0.25) is 5.91 Å². The van der Waals surface area contributed by atoms with Crippen LogP contribution in [0.15, 0.2) is 41.4 Å². The fraction of sp³-hybridized carbons (Fsp3) is 0.429. The predicted molar refractivity (Wildman–Crippen MR) is 127 cm³/mol. The van der Waals surface area contributed by atoms with Crippen LogP contribution in [0, 0.1) is 6.92 Å². The summed E-state index contributed by atoms with van der Waals surface area (Å²) in [6.07, 6.45) is 2.32. The van der Waals surface area contributed by atoms with Crippen molar-refractivity contribution in [2.24, 2.45) is 4.99 Å². The van der Waals surface area contributed by atoms with Gasteiger partial charge in [0, 0.05) is 42.9 Å². The molecule has 3 rings (SSSR count). The zero-order valence-corrected chi connectivity index (χ0v) is 19.7. The number of halogens is 1. The number of aryl methyl sites for hydroxylation is 1. The molecule has 0 spiro atoms. The molecule has 0 aliphatic carbocycles. The summed E-state index contributed by atoms with van der Waals surface area (Å²) in [4.78, 5) is 21.3. The molecule has 1 amide bonds. The van der Waals surface area contributed by atoms with Crippen LogP contribution in [-0.4, -0.2) is 36.9 Å². The summed E-state index contributed by atoms with van der Waals surface area (Å²) >= 11 is 1.79. The third-order valence-corrected chi connectivity index (χ3v) is 5.79. The molecule has 2 heterocycles. The SMILES string of the molecule is CN=C(NCCCC(=O)N1CCc2ccccc2C1)NCc1ccc(C)s1.I. The first kappa shape index (κ1) is 22.7. The van der Waals surface area contributed by atoms with Crippen LogP contribution >= 0.6 is 35.3 Å². The summed E-state index contributed by atoms with van der Waals surface area (Å²) in [5, 5.41) is 6.61. The Morgan fingerprint density at radius 2 is 1.96 bits per heavy atom. The van der Waals surface area contributed by atoms with Gasteiger partial charge in [0.25, 0.3) is 0 Å². The third kappa shape index (κ3) is 6.48.